The number of carbonyl (C=O) groups excluding carboxylic acids is 1. The molecule has 2 aromatic rings. The van der Waals surface area contributed by atoms with Gasteiger partial charge >= 0.3 is 0 Å². The molecule has 2 aromatic carbocycles. The monoisotopic (exact) mass is 399 g/mol. The lowest BCUT2D eigenvalue weighted by Gasteiger charge is -2.27. The molecule has 0 saturated carbocycles. The van der Waals surface area contributed by atoms with E-state index in [9.17, 15) is 14.9 Å². The van der Waals surface area contributed by atoms with Crippen LogP contribution in [0, 0.1) is 10.1 Å². The molecule has 1 saturated heterocycles. The smallest absolute Gasteiger partial charge is 0.293 e. The van der Waals surface area contributed by atoms with Crippen molar-refractivity contribution in [2.45, 2.75) is 19.9 Å². The minimum absolute atomic E-state index is 0.123. The van der Waals surface area contributed by atoms with Crippen LogP contribution in [0.3, 0.4) is 0 Å². The molecule has 1 unspecified atom stereocenters. The van der Waals surface area contributed by atoms with Gasteiger partial charge in [0.2, 0.25) is 0 Å². The SMILES string of the molecule is CCOc1ccc(C(C)Nc2ccc(C(=O)N3CCOCC3)cc2[N+](=O)[O-])cc1. The first-order valence-electron chi connectivity index (χ1n) is 9.64. The van der Waals surface area contributed by atoms with Gasteiger partial charge in [0.05, 0.1) is 24.7 Å². The van der Waals surface area contributed by atoms with Gasteiger partial charge in [0.1, 0.15) is 11.4 Å². The molecule has 8 nitrogen and oxygen atoms in total. The van der Waals surface area contributed by atoms with Gasteiger partial charge < -0.3 is 19.7 Å². The van der Waals surface area contributed by atoms with Crippen molar-refractivity contribution in [2.24, 2.45) is 0 Å². The Labute approximate surface area is 169 Å². The maximum Gasteiger partial charge on any atom is 0.293 e. The van der Waals surface area contributed by atoms with Gasteiger partial charge in [-0.25, -0.2) is 0 Å². The number of carbonyl (C=O) groups is 1. The lowest BCUT2D eigenvalue weighted by Crippen LogP contribution is -2.40. The summed E-state index contributed by atoms with van der Waals surface area (Å²) < 4.78 is 10.7. The number of amides is 1. The Morgan fingerprint density at radius 3 is 2.55 bits per heavy atom. The van der Waals surface area contributed by atoms with E-state index in [1.807, 2.05) is 38.1 Å². The second-order valence-corrected chi connectivity index (χ2v) is 6.76. The molecule has 1 fully saturated rings. The molecule has 0 aromatic heterocycles. The number of anilines is 1. The fourth-order valence-electron chi connectivity index (χ4n) is 3.22. The quantitative estimate of drug-likeness (QED) is 0.564. The molecule has 0 bridgehead atoms. The number of rotatable bonds is 7. The highest BCUT2D eigenvalue weighted by Gasteiger charge is 2.23. The summed E-state index contributed by atoms with van der Waals surface area (Å²) in [6, 6.07) is 12.0. The van der Waals surface area contributed by atoms with Crippen LogP contribution in [-0.2, 0) is 4.74 Å². The van der Waals surface area contributed by atoms with E-state index in [0.717, 1.165) is 11.3 Å². The van der Waals surface area contributed by atoms with Crippen molar-refractivity contribution < 1.29 is 19.2 Å². The van der Waals surface area contributed by atoms with Gasteiger partial charge in [0.25, 0.3) is 11.6 Å². The third-order valence-electron chi connectivity index (χ3n) is 4.80. The van der Waals surface area contributed by atoms with Crippen molar-refractivity contribution >= 4 is 17.3 Å². The Bertz CT molecular complexity index is 863. The predicted molar refractivity (Wildman–Crippen MR) is 109 cm³/mol. The minimum atomic E-state index is -0.469. The summed E-state index contributed by atoms with van der Waals surface area (Å²) in [5.74, 6) is 0.558. The number of nitrogens with one attached hydrogen (secondary N) is 1. The molecule has 29 heavy (non-hydrogen) atoms. The number of morpholine rings is 1. The zero-order chi connectivity index (χ0) is 20.8. The van der Waals surface area contributed by atoms with Crippen LogP contribution in [-0.4, -0.2) is 48.6 Å². The molecule has 3 rings (SSSR count). The normalized spacial score (nSPS) is 14.9. The molecule has 0 aliphatic carbocycles. The van der Waals surface area contributed by atoms with Crippen LogP contribution in [0.2, 0.25) is 0 Å². The molecule has 8 heteroatoms. The topological polar surface area (TPSA) is 93.9 Å². The number of benzene rings is 2. The van der Waals surface area contributed by atoms with Crippen molar-refractivity contribution in [3.05, 3.63) is 63.7 Å². The van der Waals surface area contributed by atoms with Crippen LogP contribution in [0.15, 0.2) is 42.5 Å². The summed E-state index contributed by atoms with van der Waals surface area (Å²) in [7, 11) is 0. The summed E-state index contributed by atoms with van der Waals surface area (Å²) in [5.41, 5.74) is 1.52. The van der Waals surface area contributed by atoms with Gasteiger partial charge in [-0.1, -0.05) is 12.1 Å². The third kappa shape index (κ3) is 5.03. The van der Waals surface area contributed by atoms with Crippen LogP contribution >= 0.6 is 0 Å². The fraction of sp³-hybridized carbons (Fsp3) is 0.381. The molecule has 1 amide bonds. The zero-order valence-corrected chi connectivity index (χ0v) is 16.6. The van der Waals surface area contributed by atoms with Gasteiger partial charge in [-0.3, -0.25) is 14.9 Å². The maximum absolute atomic E-state index is 12.6. The summed E-state index contributed by atoms with van der Waals surface area (Å²) in [6.45, 7) is 6.37. The minimum Gasteiger partial charge on any atom is -0.494 e. The molecule has 1 atom stereocenters. The van der Waals surface area contributed by atoms with Crippen molar-refractivity contribution in [3.8, 4) is 5.75 Å². The zero-order valence-electron chi connectivity index (χ0n) is 16.6. The average Bonchev–Trinajstić information content (AvgIpc) is 2.74. The first kappa shape index (κ1) is 20.6. The summed E-state index contributed by atoms with van der Waals surface area (Å²) in [6.07, 6.45) is 0. The van der Waals surface area contributed by atoms with E-state index in [2.05, 4.69) is 5.32 Å². The first-order valence-corrected chi connectivity index (χ1v) is 9.64. The van der Waals surface area contributed by atoms with E-state index >= 15 is 0 Å². The maximum atomic E-state index is 12.6. The van der Waals surface area contributed by atoms with Gasteiger partial charge in [0, 0.05) is 30.8 Å². The van der Waals surface area contributed by atoms with Crippen LogP contribution in [0.1, 0.15) is 35.8 Å². The molecular formula is C21H25N3O5. The molecular weight excluding hydrogens is 374 g/mol. The third-order valence-corrected chi connectivity index (χ3v) is 4.80. The highest BCUT2D eigenvalue weighted by Crippen LogP contribution is 2.30. The van der Waals surface area contributed by atoms with Crippen LogP contribution in [0.4, 0.5) is 11.4 Å². The lowest BCUT2D eigenvalue weighted by atomic mass is 10.1. The molecule has 1 aliphatic rings. The Balaban J connectivity index is 1.77. The van der Waals surface area contributed by atoms with Gasteiger partial charge in [-0.2, -0.15) is 0 Å². The van der Waals surface area contributed by atoms with E-state index in [-0.39, 0.29) is 17.6 Å². The van der Waals surface area contributed by atoms with Crippen LogP contribution in [0.5, 0.6) is 5.75 Å². The van der Waals surface area contributed by atoms with E-state index in [1.165, 1.54) is 6.07 Å². The van der Waals surface area contributed by atoms with Crippen molar-refractivity contribution in [3.63, 3.8) is 0 Å². The molecule has 0 radical (unpaired) electrons. The molecule has 154 valence electrons. The average molecular weight is 399 g/mol. The molecule has 1 aliphatic heterocycles. The van der Waals surface area contributed by atoms with E-state index in [0.29, 0.717) is 44.2 Å². The standard InChI is InChI=1S/C21H25N3O5/c1-3-29-18-7-4-16(5-8-18)15(2)22-19-9-6-17(14-20(19)24(26)27)21(25)23-10-12-28-13-11-23/h4-9,14-15,22H,3,10-13H2,1-2H3. The van der Waals surface area contributed by atoms with Crippen LogP contribution < -0.4 is 10.1 Å². The number of nitrogens with zero attached hydrogens (tertiary/aromatic N) is 2. The summed E-state index contributed by atoms with van der Waals surface area (Å²) in [4.78, 5) is 25.4. The Kier molecular flexibility index (Phi) is 6.66. The largest absolute Gasteiger partial charge is 0.494 e. The van der Waals surface area contributed by atoms with E-state index < -0.39 is 4.92 Å². The van der Waals surface area contributed by atoms with E-state index in [1.54, 1.807) is 17.0 Å². The Morgan fingerprint density at radius 1 is 1.24 bits per heavy atom. The lowest BCUT2D eigenvalue weighted by molar-refractivity contribution is -0.384. The first-order chi connectivity index (χ1) is 14.0. The van der Waals surface area contributed by atoms with E-state index in [4.69, 9.17) is 9.47 Å². The number of hydrogen-bond acceptors (Lipinski definition) is 6. The highest BCUT2D eigenvalue weighted by molar-refractivity contribution is 5.95. The second kappa shape index (κ2) is 9.38. The van der Waals surface area contributed by atoms with Gasteiger partial charge in [-0.15, -0.1) is 0 Å². The fourth-order valence-corrected chi connectivity index (χ4v) is 3.22. The van der Waals surface area contributed by atoms with Crippen molar-refractivity contribution in [1.82, 2.24) is 4.90 Å². The van der Waals surface area contributed by atoms with Gasteiger partial charge in [-0.05, 0) is 43.7 Å². The predicted octanol–water partition coefficient (Wildman–Crippen LogP) is 3.64. The Morgan fingerprint density at radius 2 is 1.93 bits per heavy atom. The summed E-state index contributed by atoms with van der Waals surface area (Å²) in [5, 5.41) is 14.8. The van der Waals surface area contributed by atoms with Gasteiger partial charge in [0.15, 0.2) is 0 Å². The Hall–Kier alpha value is -3.13. The molecule has 1 N–H and O–H groups in total. The number of nitro groups is 1. The number of nitro benzene ring substituents is 1. The summed E-state index contributed by atoms with van der Waals surface area (Å²) >= 11 is 0. The number of ether oxygens (including phenoxy) is 2. The highest BCUT2D eigenvalue weighted by atomic mass is 16.6. The van der Waals surface area contributed by atoms with Crippen molar-refractivity contribution in [2.75, 3.05) is 38.2 Å². The molecule has 1 heterocycles. The van der Waals surface area contributed by atoms with Crippen LogP contribution in [0.25, 0.3) is 0 Å². The molecule has 0 spiro atoms. The second-order valence-electron chi connectivity index (χ2n) is 6.76. The number of hydrogen-bond donors (Lipinski definition) is 1. The van der Waals surface area contributed by atoms with Crippen molar-refractivity contribution in [1.29, 1.82) is 0 Å².